The van der Waals surface area contributed by atoms with Gasteiger partial charge in [0.2, 0.25) is 5.75 Å². The fraction of sp³-hybridized carbons (Fsp3) is 0.424. The Morgan fingerprint density at radius 3 is 2.04 bits per heavy atom. The van der Waals surface area contributed by atoms with Crippen LogP contribution in [0.2, 0.25) is 0 Å². The molecule has 0 aromatic heterocycles. The minimum Gasteiger partial charge on any atom is -0.493 e. The van der Waals surface area contributed by atoms with Gasteiger partial charge in [0.25, 0.3) is 0 Å². The quantitative estimate of drug-likeness (QED) is 0.203. The zero-order chi connectivity index (χ0) is 32.4. The summed E-state index contributed by atoms with van der Waals surface area (Å²) in [4.78, 5) is 12.2. The van der Waals surface area contributed by atoms with E-state index in [9.17, 15) is 13.2 Å². The van der Waals surface area contributed by atoms with Crippen molar-refractivity contribution in [3.63, 3.8) is 0 Å². The third kappa shape index (κ3) is 8.73. The highest BCUT2D eigenvalue weighted by Gasteiger charge is 2.32. The number of ether oxygens (including phenoxy) is 7. The van der Waals surface area contributed by atoms with Gasteiger partial charge < -0.3 is 38.5 Å². The van der Waals surface area contributed by atoms with E-state index in [1.807, 2.05) is 49.4 Å². The summed E-state index contributed by atoms with van der Waals surface area (Å²) in [6, 6.07) is 16.4. The van der Waals surface area contributed by atoms with Crippen LogP contribution in [-0.4, -0.2) is 61.9 Å². The molecule has 1 fully saturated rings. The maximum atomic E-state index is 12.9. The summed E-state index contributed by atoms with van der Waals surface area (Å²) in [7, 11) is 0.949. The molecule has 2 atom stereocenters. The molecular weight excluding hydrogens is 602 g/mol. The van der Waals surface area contributed by atoms with Gasteiger partial charge in [-0.05, 0) is 60.2 Å². The van der Waals surface area contributed by atoms with E-state index < -0.39 is 22.0 Å². The lowest BCUT2D eigenvalue weighted by Gasteiger charge is -2.21. The van der Waals surface area contributed by atoms with E-state index in [0.29, 0.717) is 48.7 Å². The molecule has 1 N–H and O–H groups in total. The molecule has 1 saturated heterocycles. The van der Waals surface area contributed by atoms with Crippen molar-refractivity contribution in [2.75, 3.05) is 47.3 Å². The Kier molecular flexibility index (Phi) is 11.8. The number of alkyl carbamates (subject to hydrolysis) is 1. The Hall–Kier alpha value is -4.16. The molecule has 0 bridgehead atoms. The maximum Gasteiger partial charge on any atom is 0.407 e. The number of hydrogen-bond acceptors (Lipinski definition) is 10. The molecule has 0 radical (unpaired) electrons. The van der Waals surface area contributed by atoms with Crippen LogP contribution in [0.25, 0.3) is 0 Å². The lowest BCUT2D eigenvalue weighted by Crippen LogP contribution is -2.28. The van der Waals surface area contributed by atoms with Gasteiger partial charge in [-0.2, -0.15) is 0 Å². The summed E-state index contributed by atoms with van der Waals surface area (Å²) in [6.07, 6.45) is 1.81. The Labute approximate surface area is 264 Å². The molecule has 244 valence electrons. The van der Waals surface area contributed by atoms with Crippen molar-refractivity contribution in [1.29, 1.82) is 0 Å². The van der Waals surface area contributed by atoms with E-state index in [2.05, 4.69) is 5.32 Å². The van der Waals surface area contributed by atoms with E-state index in [-0.39, 0.29) is 42.3 Å². The van der Waals surface area contributed by atoms with E-state index >= 15 is 0 Å². The van der Waals surface area contributed by atoms with Crippen molar-refractivity contribution in [3.05, 3.63) is 71.3 Å². The van der Waals surface area contributed by atoms with Gasteiger partial charge in [-0.3, -0.25) is 0 Å². The molecule has 1 heterocycles. The third-order valence-corrected chi connectivity index (χ3v) is 8.29. The smallest absolute Gasteiger partial charge is 0.407 e. The van der Waals surface area contributed by atoms with Crippen LogP contribution in [0, 0.1) is 0 Å². The SMILES string of the molecule is CCCOc1c(OCCNC(=O)OCc2ccccc2)cc([C@@H]2CC[C@@H](c3cc(OC)c(OC)c(OC)c3)O2)cc1S(C)(=O)=O. The van der Waals surface area contributed by atoms with Gasteiger partial charge in [0, 0.05) is 6.26 Å². The highest BCUT2D eigenvalue weighted by Crippen LogP contribution is 2.48. The molecule has 3 aromatic carbocycles. The van der Waals surface area contributed by atoms with E-state index in [1.165, 1.54) is 0 Å². The second-order valence-electron chi connectivity index (χ2n) is 10.5. The Balaban J connectivity index is 1.52. The van der Waals surface area contributed by atoms with Crippen LogP contribution >= 0.6 is 0 Å². The number of methoxy groups -OCH3 is 3. The predicted octanol–water partition coefficient (Wildman–Crippen LogP) is 5.80. The highest BCUT2D eigenvalue weighted by atomic mass is 32.2. The molecule has 11 nitrogen and oxygen atoms in total. The van der Waals surface area contributed by atoms with Crippen molar-refractivity contribution >= 4 is 15.9 Å². The maximum absolute atomic E-state index is 12.9. The van der Waals surface area contributed by atoms with Crippen molar-refractivity contribution in [1.82, 2.24) is 5.32 Å². The first-order valence-corrected chi connectivity index (χ1v) is 16.6. The molecule has 0 spiro atoms. The number of nitrogens with one attached hydrogen (secondary N) is 1. The van der Waals surface area contributed by atoms with Crippen LogP contribution in [0.15, 0.2) is 59.5 Å². The molecule has 1 aliphatic heterocycles. The molecule has 0 aliphatic carbocycles. The number of sulfone groups is 1. The fourth-order valence-corrected chi connectivity index (χ4v) is 5.86. The first-order valence-electron chi connectivity index (χ1n) is 14.7. The lowest BCUT2D eigenvalue weighted by atomic mass is 10.0. The summed E-state index contributed by atoms with van der Waals surface area (Å²) >= 11 is 0. The Bertz CT molecular complexity index is 1520. The molecule has 3 aromatic rings. The molecule has 1 aliphatic rings. The fourth-order valence-electron chi connectivity index (χ4n) is 5.01. The normalized spacial score (nSPS) is 16.1. The summed E-state index contributed by atoms with van der Waals surface area (Å²) in [5.74, 6) is 1.90. The predicted molar refractivity (Wildman–Crippen MR) is 167 cm³/mol. The monoisotopic (exact) mass is 643 g/mol. The van der Waals surface area contributed by atoms with Crippen LogP contribution in [-0.2, 0) is 25.9 Å². The number of carbonyl (C=O) groups is 1. The number of rotatable bonds is 15. The second-order valence-corrected chi connectivity index (χ2v) is 12.4. The van der Waals surface area contributed by atoms with Crippen molar-refractivity contribution in [2.45, 2.75) is 49.9 Å². The molecule has 45 heavy (non-hydrogen) atoms. The lowest BCUT2D eigenvalue weighted by molar-refractivity contribution is 0.0435. The highest BCUT2D eigenvalue weighted by molar-refractivity contribution is 7.90. The largest absolute Gasteiger partial charge is 0.493 e. The number of amides is 1. The molecule has 1 amide bonds. The molecule has 12 heteroatoms. The molecule has 0 unspecified atom stereocenters. The van der Waals surface area contributed by atoms with Crippen molar-refractivity contribution < 1.29 is 46.4 Å². The van der Waals surface area contributed by atoms with Crippen LogP contribution < -0.4 is 29.0 Å². The van der Waals surface area contributed by atoms with E-state index in [0.717, 1.165) is 17.4 Å². The summed E-state index contributed by atoms with van der Waals surface area (Å²) in [5.41, 5.74) is 2.35. The summed E-state index contributed by atoms with van der Waals surface area (Å²) in [5, 5.41) is 2.65. The first kappa shape index (κ1) is 33.7. The van der Waals surface area contributed by atoms with Gasteiger partial charge in [-0.1, -0.05) is 37.3 Å². The summed E-state index contributed by atoms with van der Waals surface area (Å²) in [6.45, 7) is 2.54. The standard InChI is InChI=1S/C33H41NO10S/c1-6-15-42-32-29(41-16-14-34-33(35)43-21-22-10-8-7-9-11-22)19-24(20-30(32)45(5,36)37)26-13-12-25(44-26)23-17-27(38-2)31(40-4)28(18-23)39-3/h7-11,17-20,25-26H,6,12-16,21H2,1-5H3,(H,34,35)/t25-,26-/m0/s1. The van der Waals surface area contributed by atoms with Crippen LogP contribution in [0.4, 0.5) is 4.79 Å². The summed E-state index contributed by atoms with van der Waals surface area (Å²) < 4.78 is 66.0. The Morgan fingerprint density at radius 1 is 0.844 bits per heavy atom. The van der Waals surface area contributed by atoms with E-state index in [1.54, 1.807) is 33.5 Å². The van der Waals surface area contributed by atoms with Crippen LogP contribution in [0.1, 0.15) is 55.1 Å². The van der Waals surface area contributed by atoms with Gasteiger partial charge in [-0.15, -0.1) is 0 Å². The average Bonchev–Trinajstić information content (AvgIpc) is 3.54. The number of hydrogen-bond donors (Lipinski definition) is 1. The third-order valence-electron chi connectivity index (χ3n) is 7.19. The number of benzene rings is 3. The minimum atomic E-state index is -3.70. The van der Waals surface area contributed by atoms with Gasteiger partial charge in [0.15, 0.2) is 32.8 Å². The van der Waals surface area contributed by atoms with Gasteiger partial charge in [0.1, 0.15) is 18.1 Å². The molecule has 0 saturated carbocycles. The zero-order valence-corrected chi connectivity index (χ0v) is 27.1. The Morgan fingerprint density at radius 2 is 1.47 bits per heavy atom. The van der Waals surface area contributed by atoms with Crippen molar-refractivity contribution in [2.24, 2.45) is 0 Å². The molecular formula is C33H41NO10S. The average molecular weight is 644 g/mol. The minimum absolute atomic E-state index is 0.0125. The van der Waals surface area contributed by atoms with Crippen molar-refractivity contribution in [3.8, 4) is 28.7 Å². The number of carbonyl (C=O) groups excluding carboxylic acids is 1. The second kappa shape index (κ2) is 15.7. The van der Waals surface area contributed by atoms with Gasteiger partial charge in [0.05, 0.1) is 46.7 Å². The molecule has 4 rings (SSSR count). The van der Waals surface area contributed by atoms with Gasteiger partial charge >= 0.3 is 6.09 Å². The van der Waals surface area contributed by atoms with E-state index in [4.69, 9.17) is 33.2 Å². The zero-order valence-electron chi connectivity index (χ0n) is 26.3. The topological polar surface area (TPSA) is 128 Å². The first-order chi connectivity index (χ1) is 21.7. The van der Waals surface area contributed by atoms with Gasteiger partial charge in [-0.25, -0.2) is 13.2 Å². The van der Waals surface area contributed by atoms with Crippen LogP contribution in [0.5, 0.6) is 28.7 Å². The van der Waals surface area contributed by atoms with Crippen LogP contribution in [0.3, 0.4) is 0 Å².